The summed E-state index contributed by atoms with van der Waals surface area (Å²) in [6.45, 7) is 3.50. The molecule has 0 aromatic rings. The SMILES string of the molecule is CC(C(=O)NO)N(C)C(=O)C1(C)CCC1. The summed E-state index contributed by atoms with van der Waals surface area (Å²) >= 11 is 0. The number of hydrogen-bond acceptors (Lipinski definition) is 3. The molecule has 1 rings (SSSR count). The van der Waals surface area contributed by atoms with E-state index in [1.807, 2.05) is 6.92 Å². The lowest BCUT2D eigenvalue weighted by atomic mass is 9.69. The normalized spacial score (nSPS) is 20.0. The van der Waals surface area contributed by atoms with E-state index in [1.54, 1.807) is 19.5 Å². The van der Waals surface area contributed by atoms with Gasteiger partial charge in [-0.2, -0.15) is 0 Å². The minimum atomic E-state index is -0.639. The van der Waals surface area contributed by atoms with E-state index in [2.05, 4.69) is 0 Å². The first kappa shape index (κ1) is 12.0. The molecule has 1 unspecified atom stereocenters. The van der Waals surface area contributed by atoms with Gasteiger partial charge < -0.3 is 4.90 Å². The van der Waals surface area contributed by atoms with Gasteiger partial charge >= 0.3 is 0 Å². The predicted octanol–water partition coefficient (Wildman–Crippen LogP) is 0.529. The van der Waals surface area contributed by atoms with Crippen LogP contribution in [0.5, 0.6) is 0 Å². The number of carbonyl (C=O) groups excluding carboxylic acids is 2. The molecule has 0 bridgehead atoms. The number of amides is 2. The van der Waals surface area contributed by atoms with E-state index in [0.717, 1.165) is 19.3 Å². The zero-order chi connectivity index (χ0) is 11.6. The van der Waals surface area contributed by atoms with Gasteiger partial charge in [0.15, 0.2) is 0 Å². The maximum Gasteiger partial charge on any atom is 0.265 e. The van der Waals surface area contributed by atoms with E-state index in [4.69, 9.17) is 5.21 Å². The molecule has 0 saturated heterocycles. The molecule has 15 heavy (non-hydrogen) atoms. The van der Waals surface area contributed by atoms with Crippen molar-refractivity contribution in [2.75, 3.05) is 7.05 Å². The van der Waals surface area contributed by atoms with Crippen molar-refractivity contribution in [3.8, 4) is 0 Å². The molecule has 0 aromatic heterocycles. The number of nitrogens with zero attached hydrogens (tertiary/aromatic N) is 1. The van der Waals surface area contributed by atoms with Gasteiger partial charge in [-0.15, -0.1) is 0 Å². The molecule has 1 saturated carbocycles. The molecule has 0 radical (unpaired) electrons. The highest BCUT2D eigenvalue weighted by atomic mass is 16.5. The molecular formula is C10H18N2O3. The number of hydroxylamine groups is 1. The van der Waals surface area contributed by atoms with Gasteiger partial charge in [-0.05, 0) is 19.8 Å². The molecule has 86 valence electrons. The number of nitrogens with one attached hydrogen (secondary N) is 1. The summed E-state index contributed by atoms with van der Waals surface area (Å²) in [7, 11) is 1.59. The Hall–Kier alpha value is -1.10. The highest BCUT2D eigenvalue weighted by Crippen LogP contribution is 2.41. The van der Waals surface area contributed by atoms with E-state index < -0.39 is 11.9 Å². The third kappa shape index (κ3) is 2.12. The molecule has 0 aromatic carbocycles. The smallest absolute Gasteiger partial charge is 0.265 e. The van der Waals surface area contributed by atoms with Crippen LogP contribution >= 0.6 is 0 Å². The Kier molecular flexibility index (Phi) is 3.34. The van der Waals surface area contributed by atoms with E-state index in [9.17, 15) is 9.59 Å². The fourth-order valence-corrected chi connectivity index (χ4v) is 1.79. The molecule has 0 aliphatic heterocycles. The zero-order valence-corrected chi connectivity index (χ0v) is 9.41. The van der Waals surface area contributed by atoms with E-state index >= 15 is 0 Å². The molecule has 0 heterocycles. The van der Waals surface area contributed by atoms with Gasteiger partial charge in [-0.25, -0.2) is 5.48 Å². The van der Waals surface area contributed by atoms with Crippen molar-refractivity contribution in [3.63, 3.8) is 0 Å². The zero-order valence-electron chi connectivity index (χ0n) is 9.41. The third-order valence-electron chi connectivity index (χ3n) is 3.36. The van der Waals surface area contributed by atoms with Gasteiger partial charge in [-0.1, -0.05) is 13.3 Å². The Labute approximate surface area is 89.4 Å². The summed E-state index contributed by atoms with van der Waals surface area (Å²) in [6.07, 6.45) is 2.82. The van der Waals surface area contributed by atoms with Crippen LogP contribution in [0.3, 0.4) is 0 Å². The van der Waals surface area contributed by atoms with Gasteiger partial charge in [0.05, 0.1) is 0 Å². The van der Waals surface area contributed by atoms with Crippen LogP contribution in [0, 0.1) is 5.41 Å². The second kappa shape index (κ2) is 4.18. The quantitative estimate of drug-likeness (QED) is 0.532. The van der Waals surface area contributed by atoms with Crippen molar-refractivity contribution in [3.05, 3.63) is 0 Å². The van der Waals surface area contributed by atoms with Crippen molar-refractivity contribution in [1.29, 1.82) is 0 Å². The second-order valence-corrected chi connectivity index (χ2v) is 4.48. The molecule has 2 amide bonds. The highest BCUT2D eigenvalue weighted by Gasteiger charge is 2.42. The lowest BCUT2D eigenvalue weighted by molar-refractivity contribution is -0.151. The number of carbonyl (C=O) groups is 2. The molecule has 0 spiro atoms. The highest BCUT2D eigenvalue weighted by molar-refractivity contribution is 5.89. The maximum atomic E-state index is 12.0. The van der Waals surface area contributed by atoms with Crippen molar-refractivity contribution in [1.82, 2.24) is 10.4 Å². The van der Waals surface area contributed by atoms with Crippen LogP contribution in [0.25, 0.3) is 0 Å². The fourth-order valence-electron chi connectivity index (χ4n) is 1.79. The molecule has 2 N–H and O–H groups in total. The number of hydrogen-bond donors (Lipinski definition) is 2. The van der Waals surface area contributed by atoms with Crippen LogP contribution in [0.1, 0.15) is 33.1 Å². The topological polar surface area (TPSA) is 69.6 Å². The van der Waals surface area contributed by atoms with Gasteiger partial charge in [-0.3, -0.25) is 14.8 Å². The van der Waals surface area contributed by atoms with Gasteiger partial charge in [0.1, 0.15) is 6.04 Å². The van der Waals surface area contributed by atoms with E-state index in [-0.39, 0.29) is 11.3 Å². The summed E-state index contributed by atoms with van der Waals surface area (Å²) in [6, 6.07) is -0.639. The molecular weight excluding hydrogens is 196 g/mol. The first-order valence-electron chi connectivity index (χ1n) is 5.13. The molecule has 1 fully saturated rings. The van der Waals surface area contributed by atoms with Crippen molar-refractivity contribution in [2.45, 2.75) is 39.2 Å². The Morgan fingerprint density at radius 1 is 1.47 bits per heavy atom. The third-order valence-corrected chi connectivity index (χ3v) is 3.36. The molecule has 5 nitrogen and oxygen atoms in total. The lowest BCUT2D eigenvalue weighted by Gasteiger charge is -2.40. The van der Waals surface area contributed by atoms with E-state index in [1.165, 1.54) is 4.90 Å². The number of rotatable bonds is 3. The molecule has 5 heteroatoms. The minimum absolute atomic E-state index is 0.0233. The monoisotopic (exact) mass is 214 g/mol. The number of likely N-dealkylation sites (N-methyl/N-ethyl adjacent to an activating group) is 1. The van der Waals surface area contributed by atoms with Gasteiger partial charge in [0.2, 0.25) is 5.91 Å². The van der Waals surface area contributed by atoms with Crippen molar-refractivity contribution < 1.29 is 14.8 Å². The fraction of sp³-hybridized carbons (Fsp3) is 0.800. The van der Waals surface area contributed by atoms with E-state index in [0.29, 0.717) is 0 Å². The Morgan fingerprint density at radius 2 is 2.00 bits per heavy atom. The van der Waals surface area contributed by atoms with Gasteiger partial charge in [0.25, 0.3) is 5.91 Å². The summed E-state index contributed by atoms with van der Waals surface area (Å²) < 4.78 is 0. The summed E-state index contributed by atoms with van der Waals surface area (Å²) in [5.74, 6) is -0.585. The van der Waals surface area contributed by atoms with Gasteiger partial charge in [0, 0.05) is 12.5 Å². The first-order chi connectivity index (χ1) is 6.92. The Bertz CT molecular complexity index is 274. The average Bonchev–Trinajstić information content (AvgIpc) is 2.21. The molecule has 1 aliphatic rings. The Morgan fingerprint density at radius 3 is 2.33 bits per heavy atom. The maximum absolute atomic E-state index is 12.0. The van der Waals surface area contributed by atoms with Crippen molar-refractivity contribution >= 4 is 11.8 Å². The molecule has 1 aliphatic carbocycles. The average molecular weight is 214 g/mol. The molecule has 1 atom stereocenters. The summed E-state index contributed by atoms with van der Waals surface area (Å²) in [4.78, 5) is 24.5. The summed E-state index contributed by atoms with van der Waals surface area (Å²) in [5, 5.41) is 8.47. The summed E-state index contributed by atoms with van der Waals surface area (Å²) in [5.41, 5.74) is 1.25. The van der Waals surface area contributed by atoms with Crippen LogP contribution in [0.15, 0.2) is 0 Å². The first-order valence-corrected chi connectivity index (χ1v) is 5.13. The van der Waals surface area contributed by atoms with Crippen LogP contribution in [0.2, 0.25) is 0 Å². The van der Waals surface area contributed by atoms with Crippen LogP contribution in [-0.2, 0) is 9.59 Å². The van der Waals surface area contributed by atoms with Crippen LogP contribution in [-0.4, -0.2) is 35.0 Å². The van der Waals surface area contributed by atoms with Crippen LogP contribution < -0.4 is 5.48 Å². The minimum Gasteiger partial charge on any atom is -0.333 e. The second-order valence-electron chi connectivity index (χ2n) is 4.48. The Balaban J connectivity index is 2.63. The standard InChI is InChI=1S/C10H18N2O3/c1-7(8(13)11-15)12(3)9(14)10(2)5-4-6-10/h7,15H,4-6H2,1-3H3,(H,11,13). The van der Waals surface area contributed by atoms with Crippen LogP contribution in [0.4, 0.5) is 0 Å². The predicted molar refractivity (Wildman–Crippen MR) is 54.1 cm³/mol. The lowest BCUT2D eigenvalue weighted by Crippen LogP contribution is -2.51. The largest absolute Gasteiger partial charge is 0.333 e. The van der Waals surface area contributed by atoms with Crippen molar-refractivity contribution in [2.24, 2.45) is 5.41 Å².